The molecule has 0 saturated heterocycles. The smallest absolute Gasteiger partial charge is 0.241 e. The van der Waals surface area contributed by atoms with Gasteiger partial charge in [0.2, 0.25) is 5.91 Å². The number of nitrogens with two attached hydrogens (primary N) is 1. The molecule has 5 heteroatoms. The second-order valence-corrected chi connectivity index (χ2v) is 7.59. The summed E-state index contributed by atoms with van der Waals surface area (Å²) in [5.41, 5.74) is 10.3. The molecular formula is C23H25ClN2OS. The summed E-state index contributed by atoms with van der Waals surface area (Å²) in [5.74, 6) is 0.764. The van der Waals surface area contributed by atoms with E-state index in [0.29, 0.717) is 6.42 Å². The average Bonchev–Trinajstić information content (AvgIpc) is 2.69. The first kappa shape index (κ1) is 22.0. The Kier molecular flexibility index (Phi) is 8.58. The molecule has 1 amide bonds. The van der Waals surface area contributed by atoms with Crippen molar-refractivity contribution in [1.82, 2.24) is 0 Å². The van der Waals surface area contributed by atoms with E-state index in [-0.39, 0.29) is 18.3 Å². The number of halogens is 1. The fraction of sp³-hybridized carbons (Fsp3) is 0.174. The van der Waals surface area contributed by atoms with E-state index < -0.39 is 6.04 Å². The highest BCUT2D eigenvalue weighted by atomic mass is 35.5. The maximum absolute atomic E-state index is 12.4. The summed E-state index contributed by atoms with van der Waals surface area (Å²) in [7, 11) is 0. The van der Waals surface area contributed by atoms with E-state index in [1.165, 1.54) is 10.5 Å². The van der Waals surface area contributed by atoms with Crippen LogP contribution in [-0.4, -0.2) is 11.9 Å². The highest BCUT2D eigenvalue weighted by Gasteiger charge is 2.15. The van der Waals surface area contributed by atoms with Crippen LogP contribution in [0, 0.1) is 6.92 Å². The fourth-order valence-electron chi connectivity index (χ4n) is 2.79. The Bertz CT molecular complexity index is 888. The number of amides is 1. The molecule has 0 fully saturated rings. The number of aryl methyl sites for hydroxylation is 1. The third-order valence-corrected chi connectivity index (χ3v) is 5.40. The number of carbonyl (C=O) groups is 1. The Morgan fingerprint density at radius 3 is 2.18 bits per heavy atom. The Morgan fingerprint density at radius 2 is 1.57 bits per heavy atom. The molecule has 3 N–H and O–H groups in total. The minimum Gasteiger partial charge on any atom is -0.324 e. The normalized spacial score (nSPS) is 11.4. The summed E-state index contributed by atoms with van der Waals surface area (Å²) in [6.07, 6.45) is 0.525. The molecule has 0 saturated carbocycles. The van der Waals surface area contributed by atoms with Crippen molar-refractivity contribution in [1.29, 1.82) is 0 Å². The van der Waals surface area contributed by atoms with E-state index in [1.807, 2.05) is 55.5 Å². The van der Waals surface area contributed by atoms with Crippen molar-refractivity contribution in [2.45, 2.75) is 30.0 Å². The van der Waals surface area contributed by atoms with E-state index >= 15 is 0 Å². The van der Waals surface area contributed by atoms with Crippen LogP contribution in [-0.2, 0) is 17.0 Å². The largest absolute Gasteiger partial charge is 0.324 e. The van der Waals surface area contributed by atoms with Crippen molar-refractivity contribution in [2.75, 3.05) is 5.32 Å². The quantitative estimate of drug-likeness (QED) is 0.523. The van der Waals surface area contributed by atoms with Gasteiger partial charge in [-0.15, -0.1) is 24.2 Å². The molecule has 0 unspecified atom stereocenters. The highest BCUT2D eigenvalue weighted by molar-refractivity contribution is 7.98. The molecule has 3 nitrogen and oxygen atoms in total. The van der Waals surface area contributed by atoms with Crippen molar-refractivity contribution in [3.63, 3.8) is 0 Å². The van der Waals surface area contributed by atoms with Crippen LogP contribution in [0.5, 0.6) is 0 Å². The third kappa shape index (κ3) is 6.41. The molecule has 0 radical (unpaired) electrons. The second kappa shape index (κ2) is 10.9. The van der Waals surface area contributed by atoms with Crippen LogP contribution in [0.15, 0.2) is 83.8 Å². The van der Waals surface area contributed by atoms with E-state index in [1.54, 1.807) is 11.8 Å². The number of rotatable bonds is 7. The Hall–Kier alpha value is -2.27. The van der Waals surface area contributed by atoms with Crippen molar-refractivity contribution < 1.29 is 4.79 Å². The summed E-state index contributed by atoms with van der Waals surface area (Å²) >= 11 is 1.79. The average molecular weight is 413 g/mol. The number of hydrogen-bond donors (Lipinski definition) is 2. The molecule has 1 atom stereocenters. The van der Waals surface area contributed by atoms with Crippen molar-refractivity contribution in [3.05, 3.63) is 95.6 Å². The lowest BCUT2D eigenvalue weighted by atomic mass is 10.1. The SMILES string of the molecule is Cc1cc(SCc2ccccc2)ccc1NC(=O)[C@@H](N)Cc1ccccc1.Cl. The van der Waals surface area contributed by atoms with Crippen LogP contribution in [0.2, 0.25) is 0 Å². The van der Waals surface area contributed by atoms with Gasteiger partial charge in [-0.05, 0) is 48.2 Å². The molecule has 0 aliphatic carbocycles. The number of anilines is 1. The van der Waals surface area contributed by atoms with Gasteiger partial charge in [-0.25, -0.2) is 0 Å². The number of hydrogen-bond acceptors (Lipinski definition) is 3. The van der Waals surface area contributed by atoms with E-state index in [4.69, 9.17) is 5.73 Å². The maximum atomic E-state index is 12.4. The van der Waals surface area contributed by atoms with Crippen molar-refractivity contribution in [2.24, 2.45) is 5.73 Å². The molecule has 0 heterocycles. The maximum Gasteiger partial charge on any atom is 0.241 e. The molecule has 28 heavy (non-hydrogen) atoms. The zero-order valence-electron chi connectivity index (χ0n) is 15.8. The molecule has 0 bridgehead atoms. The summed E-state index contributed by atoms with van der Waals surface area (Å²) in [5, 5.41) is 2.96. The molecule has 0 aromatic heterocycles. The van der Waals surface area contributed by atoms with E-state index in [0.717, 1.165) is 22.6 Å². The number of benzene rings is 3. The zero-order valence-corrected chi connectivity index (χ0v) is 17.4. The van der Waals surface area contributed by atoms with Crippen LogP contribution < -0.4 is 11.1 Å². The molecule has 0 spiro atoms. The monoisotopic (exact) mass is 412 g/mol. The highest BCUT2D eigenvalue weighted by Crippen LogP contribution is 2.27. The second-order valence-electron chi connectivity index (χ2n) is 6.54. The van der Waals surface area contributed by atoms with Crippen LogP contribution in [0.4, 0.5) is 5.69 Å². The van der Waals surface area contributed by atoms with Crippen molar-refractivity contribution >= 4 is 35.8 Å². The lowest BCUT2D eigenvalue weighted by Gasteiger charge is -2.14. The summed E-state index contributed by atoms with van der Waals surface area (Å²) < 4.78 is 0. The van der Waals surface area contributed by atoms with Crippen LogP contribution in [0.25, 0.3) is 0 Å². The van der Waals surface area contributed by atoms with Crippen molar-refractivity contribution in [3.8, 4) is 0 Å². The summed E-state index contributed by atoms with van der Waals surface area (Å²) in [6.45, 7) is 2.00. The minimum atomic E-state index is -0.570. The first-order valence-corrected chi connectivity index (χ1v) is 9.98. The van der Waals surface area contributed by atoms with Gasteiger partial charge in [-0.2, -0.15) is 0 Å². The van der Waals surface area contributed by atoms with Crippen LogP contribution in [0.1, 0.15) is 16.7 Å². The molecule has 3 rings (SSSR count). The third-order valence-electron chi connectivity index (χ3n) is 4.34. The Labute approximate surface area is 177 Å². The summed E-state index contributed by atoms with van der Waals surface area (Å²) in [6, 6.07) is 25.7. The van der Waals surface area contributed by atoms with Gasteiger partial charge < -0.3 is 11.1 Å². The molecule has 3 aromatic rings. The number of thioether (sulfide) groups is 1. The van der Waals surface area contributed by atoms with Gasteiger partial charge >= 0.3 is 0 Å². The molecule has 0 aliphatic rings. The first-order valence-electron chi connectivity index (χ1n) is 8.99. The topological polar surface area (TPSA) is 55.1 Å². The van der Waals surface area contributed by atoms with E-state index in [9.17, 15) is 4.79 Å². The number of nitrogens with one attached hydrogen (secondary N) is 1. The molecule has 3 aromatic carbocycles. The Morgan fingerprint density at radius 1 is 0.964 bits per heavy atom. The van der Waals surface area contributed by atoms with E-state index in [2.05, 4.69) is 35.6 Å². The molecule has 0 aliphatic heterocycles. The predicted octanol–water partition coefficient (Wildman–Crippen LogP) is 5.22. The van der Waals surface area contributed by atoms with Gasteiger partial charge in [0.05, 0.1) is 6.04 Å². The lowest BCUT2D eigenvalue weighted by molar-refractivity contribution is -0.117. The van der Waals surface area contributed by atoms with Crippen LogP contribution >= 0.6 is 24.2 Å². The zero-order chi connectivity index (χ0) is 19.1. The fourth-order valence-corrected chi connectivity index (χ4v) is 3.74. The van der Waals surface area contributed by atoms with Gasteiger partial charge in [0.1, 0.15) is 0 Å². The summed E-state index contributed by atoms with van der Waals surface area (Å²) in [4.78, 5) is 13.6. The molecule has 146 valence electrons. The van der Waals surface area contributed by atoms with Gasteiger partial charge in [0, 0.05) is 16.3 Å². The standard InChI is InChI=1S/C23H24N2OS.ClH/c1-17-14-20(27-16-19-10-6-3-7-11-19)12-13-22(17)25-23(26)21(24)15-18-8-4-2-5-9-18;/h2-14,21H,15-16,24H2,1H3,(H,25,26);1H/t21-;/m0./s1. The number of carbonyl (C=O) groups excluding carboxylic acids is 1. The lowest BCUT2D eigenvalue weighted by Crippen LogP contribution is -2.37. The molecular weight excluding hydrogens is 388 g/mol. The van der Waals surface area contributed by atoms with Gasteiger partial charge in [0.25, 0.3) is 0 Å². The Balaban J connectivity index is 0.00000280. The predicted molar refractivity (Wildman–Crippen MR) is 121 cm³/mol. The van der Waals surface area contributed by atoms with Crippen LogP contribution in [0.3, 0.4) is 0 Å². The van der Waals surface area contributed by atoms with Gasteiger partial charge in [0.15, 0.2) is 0 Å². The minimum absolute atomic E-state index is 0. The van der Waals surface area contributed by atoms with Gasteiger partial charge in [-0.3, -0.25) is 4.79 Å². The first-order chi connectivity index (χ1) is 13.1. The van der Waals surface area contributed by atoms with Gasteiger partial charge in [-0.1, -0.05) is 60.7 Å².